The van der Waals surface area contributed by atoms with Gasteiger partial charge in [0, 0.05) is 11.4 Å². The molecule has 2 aliphatic rings. The summed E-state index contributed by atoms with van der Waals surface area (Å²) in [7, 11) is 0. The van der Waals surface area contributed by atoms with E-state index >= 15 is 0 Å². The average Bonchev–Trinajstić information content (AvgIpc) is 2.96. The van der Waals surface area contributed by atoms with Gasteiger partial charge in [-0.3, -0.25) is 0 Å². The minimum absolute atomic E-state index is 0.205. The third-order valence-electron chi connectivity index (χ3n) is 3.74. The van der Waals surface area contributed by atoms with E-state index in [0.717, 1.165) is 35.6 Å². The first-order chi connectivity index (χ1) is 9.81. The maximum Gasteiger partial charge on any atom is 0.133 e. The molecule has 2 nitrogen and oxygen atoms in total. The Morgan fingerprint density at radius 2 is 2.05 bits per heavy atom. The van der Waals surface area contributed by atoms with E-state index in [4.69, 9.17) is 16.4 Å². The monoisotopic (exact) mass is 287 g/mol. The first kappa shape index (κ1) is 13.4. The van der Waals surface area contributed by atoms with E-state index in [0.29, 0.717) is 0 Å². The predicted octanol–water partition coefficient (Wildman–Crippen LogP) is 4.89. The molecule has 1 aliphatic heterocycles. The number of hydrogen-bond acceptors (Lipinski definition) is 2. The molecule has 1 aliphatic carbocycles. The van der Waals surface area contributed by atoms with Gasteiger partial charge < -0.3 is 4.84 Å². The summed E-state index contributed by atoms with van der Waals surface area (Å²) in [6, 6.07) is 7.79. The van der Waals surface area contributed by atoms with Crippen molar-refractivity contribution in [1.82, 2.24) is 0 Å². The average molecular weight is 288 g/mol. The van der Waals surface area contributed by atoms with Crippen molar-refractivity contribution in [2.24, 2.45) is 5.16 Å². The first-order valence-corrected chi connectivity index (χ1v) is 7.53. The van der Waals surface area contributed by atoms with Crippen LogP contribution in [0.5, 0.6) is 0 Å². The minimum atomic E-state index is 0.205. The second-order valence-electron chi connectivity index (χ2n) is 5.27. The maximum atomic E-state index is 5.90. The van der Waals surface area contributed by atoms with Crippen molar-refractivity contribution in [2.45, 2.75) is 38.2 Å². The molecule has 1 heterocycles. The Bertz CT molecular complexity index is 557. The van der Waals surface area contributed by atoms with E-state index in [2.05, 4.69) is 23.4 Å². The zero-order chi connectivity index (χ0) is 13.8. The predicted molar refractivity (Wildman–Crippen MR) is 83.2 cm³/mol. The largest absolute Gasteiger partial charge is 0.392 e. The van der Waals surface area contributed by atoms with Crippen LogP contribution < -0.4 is 0 Å². The van der Waals surface area contributed by atoms with Gasteiger partial charge in [-0.25, -0.2) is 0 Å². The quantitative estimate of drug-likeness (QED) is 0.772. The molecule has 0 amide bonds. The van der Waals surface area contributed by atoms with E-state index in [1.165, 1.54) is 18.4 Å². The van der Waals surface area contributed by atoms with Crippen molar-refractivity contribution < 1.29 is 4.84 Å². The lowest BCUT2D eigenvalue weighted by atomic mass is 9.98. The van der Waals surface area contributed by atoms with Gasteiger partial charge in [0.25, 0.3) is 0 Å². The lowest BCUT2D eigenvalue weighted by Crippen LogP contribution is -2.08. The third-order valence-corrected chi connectivity index (χ3v) is 3.99. The van der Waals surface area contributed by atoms with E-state index < -0.39 is 0 Å². The number of nitrogens with zero attached hydrogens (tertiary/aromatic N) is 1. The molecule has 20 heavy (non-hydrogen) atoms. The SMILES string of the molecule is Clc1ccc(C2=NOC(CCC3=CCCC=C3)C2)cc1. The number of allylic oxidation sites excluding steroid dienone is 4. The number of oxime groups is 1. The minimum Gasteiger partial charge on any atom is -0.392 e. The van der Waals surface area contributed by atoms with Gasteiger partial charge in [-0.1, -0.05) is 52.7 Å². The normalized spacial score (nSPS) is 21.4. The molecule has 1 aromatic carbocycles. The van der Waals surface area contributed by atoms with Gasteiger partial charge >= 0.3 is 0 Å². The number of halogens is 1. The standard InChI is InChI=1S/C17H18ClNO/c18-15-9-7-14(8-10-15)17-12-16(20-19-17)11-6-13-4-2-1-3-5-13/h2,4-5,7-10,16H,1,3,6,11-12H2. The summed E-state index contributed by atoms with van der Waals surface area (Å²) in [5.74, 6) is 0. The number of rotatable bonds is 4. The summed E-state index contributed by atoms with van der Waals surface area (Å²) in [5.41, 5.74) is 3.56. The highest BCUT2D eigenvalue weighted by atomic mass is 35.5. The summed E-state index contributed by atoms with van der Waals surface area (Å²) < 4.78 is 0. The Kier molecular flexibility index (Phi) is 4.22. The molecule has 0 N–H and O–H groups in total. The van der Waals surface area contributed by atoms with Crippen LogP contribution in [0.4, 0.5) is 0 Å². The van der Waals surface area contributed by atoms with Crippen LogP contribution in [0.15, 0.2) is 53.2 Å². The topological polar surface area (TPSA) is 21.6 Å². The molecule has 1 atom stereocenters. The molecule has 0 saturated heterocycles. The Hall–Kier alpha value is -1.54. The summed E-state index contributed by atoms with van der Waals surface area (Å²) >= 11 is 5.90. The fourth-order valence-corrected chi connectivity index (χ4v) is 2.70. The third kappa shape index (κ3) is 3.31. The van der Waals surface area contributed by atoms with Crippen molar-refractivity contribution in [3.8, 4) is 0 Å². The van der Waals surface area contributed by atoms with Crippen LogP contribution >= 0.6 is 11.6 Å². The fourth-order valence-electron chi connectivity index (χ4n) is 2.58. The fraction of sp³-hybridized carbons (Fsp3) is 0.353. The number of benzene rings is 1. The molecule has 1 unspecified atom stereocenters. The molecule has 104 valence electrons. The lowest BCUT2D eigenvalue weighted by Gasteiger charge is -2.10. The molecule has 0 aromatic heterocycles. The highest BCUT2D eigenvalue weighted by Gasteiger charge is 2.22. The van der Waals surface area contributed by atoms with E-state index in [9.17, 15) is 0 Å². The van der Waals surface area contributed by atoms with Crippen LogP contribution in [0.2, 0.25) is 5.02 Å². The molecule has 0 bridgehead atoms. The molecule has 0 saturated carbocycles. The molecule has 1 aromatic rings. The lowest BCUT2D eigenvalue weighted by molar-refractivity contribution is 0.0795. The summed E-state index contributed by atoms with van der Waals surface area (Å²) in [5, 5.41) is 4.97. The zero-order valence-electron chi connectivity index (χ0n) is 11.4. The van der Waals surface area contributed by atoms with Crippen LogP contribution in [0.3, 0.4) is 0 Å². The van der Waals surface area contributed by atoms with Crippen LogP contribution in [-0.4, -0.2) is 11.8 Å². The van der Waals surface area contributed by atoms with Gasteiger partial charge in [-0.05, 0) is 43.4 Å². The Labute approximate surface area is 124 Å². The molecule has 0 radical (unpaired) electrons. The van der Waals surface area contributed by atoms with E-state index in [1.54, 1.807) is 0 Å². The van der Waals surface area contributed by atoms with Gasteiger partial charge in [-0.2, -0.15) is 0 Å². The van der Waals surface area contributed by atoms with Crippen molar-refractivity contribution in [2.75, 3.05) is 0 Å². The Morgan fingerprint density at radius 1 is 1.20 bits per heavy atom. The van der Waals surface area contributed by atoms with Crippen molar-refractivity contribution in [1.29, 1.82) is 0 Å². The second kappa shape index (κ2) is 6.27. The van der Waals surface area contributed by atoms with Gasteiger partial charge in [0.2, 0.25) is 0 Å². The first-order valence-electron chi connectivity index (χ1n) is 7.15. The summed E-state index contributed by atoms with van der Waals surface area (Å²) in [6.45, 7) is 0. The maximum absolute atomic E-state index is 5.90. The van der Waals surface area contributed by atoms with Crippen LogP contribution in [0.1, 0.15) is 37.7 Å². The van der Waals surface area contributed by atoms with Gasteiger partial charge in [0.15, 0.2) is 0 Å². The van der Waals surface area contributed by atoms with Crippen LogP contribution in [0.25, 0.3) is 0 Å². The second-order valence-corrected chi connectivity index (χ2v) is 5.71. The summed E-state index contributed by atoms with van der Waals surface area (Å²) in [6.07, 6.45) is 12.4. The van der Waals surface area contributed by atoms with Crippen molar-refractivity contribution in [3.63, 3.8) is 0 Å². The highest BCUT2D eigenvalue weighted by Crippen LogP contribution is 2.24. The smallest absolute Gasteiger partial charge is 0.133 e. The molecule has 0 spiro atoms. The molecular weight excluding hydrogens is 270 g/mol. The van der Waals surface area contributed by atoms with Gasteiger partial charge in [0.1, 0.15) is 6.10 Å². The Balaban J connectivity index is 1.52. The molecular formula is C17H18ClNO. The van der Waals surface area contributed by atoms with Crippen LogP contribution in [0, 0.1) is 0 Å². The van der Waals surface area contributed by atoms with Gasteiger partial charge in [0.05, 0.1) is 5.71 Å². The van der Waals surface area contributed by atoms with E-state index in [1.807, 2.05) is 24.3 Å². The van der Waals surface area contributed by atoms with Crippen LogP contribution in [-0.2, 0) is 4.84 Å². The Morgan fingerprint density at radius 3 is 2.80 bits per heavy atom. The highest BCUT2D eigenvalue weighted by molar-refractivity contribution is 6.30. The molecule has 3 rings (SSSR count). The molecule has 3 heteroatoms. The number of hydrogen-bond donors (Lipinski definition) is 0. The zero-order valence-corrected chi connectivity index (χ0v) is 12.1. The van der Waals surface area contributed by atoms with Crippen molar-refractivity contribution in [3.05, 3.63) is 58.7 Å². The van der Waals surface area contributed by atoms with E-state index in [-0.39, 0.29) is 6.10 Å². The van der Waals surface area contributed by atoms with Crippen molar-refractivity contribution >= 4 is 17.3 Å². The summed E-state index contributed by atoms with van der Waals surface area (Å²) in [4.78, 5) is 5.54. The van der Waals surface area contributed by atoms with Gasteiger partial charge in [-0.15, -0.1) is 0 Å². The molecule has 0 fully saturated rings.